The third-order valence-corrected chi connectivity index (χ3v) is 2.75. The highest BCUT2D eigenvalue weighted by molar-refractivity contribution is 5.29. The quantitative estimate of drug-likeness (QED) is 0.757. The lowest BCUT2D eigenvalue weighted by Crippen LogP contribution is -2.21. The first-order valence-electron chi connectivity index (χ1n) is 6.93. The van der Waals surface area contributed by atoms with Crippen molar-refractivity contribution in [2.75, 3.05) is 19.8 Å². The summed E-state index contributed by atoms with van der Waals surface area (Å²) in [5.74, 6) is 1.56. The van der Waals surface area contributed by atoms with Gasteiger partial charge in [-0.2, -0.15) is 0 Å². The second-order valence-corrected chi connectivity index (χ2v) is 5.52. The van der Waals surface area contributed by atoms with Gasteiger partial charge in [0.2, 0.25) is 0 Å². The van der Waals surface area contributed by atoms with Crippen molar-refractivity contribution < 1.29 is 9.84 Å². The minimum Gasteiger partial charge on any atom is -0.491 e. The first-order chi connectivity index (χ1) is 9.02. The van der Waals surface area contributed by atoms with Gasteiger partial charge in [-0.15, -0.1) is 0 Å². The molecule has 0 aliphatic carbocycles. The van der Waals surface area contributed by atoms with Crippen LogP contribution in [0.15, 0.2) is 12.1 Å². The molecule has 19 heavy (non-hydrogen) atoms. The van der Waals surface area contributed by atoms with E-state index in [0.717, 1.165) is 23.7 Å². The number of nitrogens with zero attached hydrogens (tertiary/aromatic N) is 1. The molecule has 1 rings (SSSR count). The molecule has 2 N–H and O–H groups in total. The summed E-state index contributed by atoms with van der Waals surface area (Å²) in [5, 5.41) is 12.4. The summed E-state index contributed by atoms with van der Waals surface area (Å²) in [7, 11) is 0. The normalized spacial score (nSPS) is 12.7. The molecule has 0 spiro atoms. The molecule has 0 aromatic carbocycles. The molecule has 0 amide bonds. The van der Waals surface area contributed by atoms with Crippen LogP contribution in [0.3, 0.4) is 0 Å². The van der Waals surface area contributed by atoms with Gasteiger partial charge in [-0.25, -0.2) is 0 Å². The molecule has 0 radical (unpaired) electrons. The third kappa shape index (κ3) is 6.03. The Morgan fingerprint density at radius 3 is 2.68 bits per heavy atom. The van der Waals surface area contributed by atoms with Crippen LogP contribution < -0.4 is 10.1 Å². The van der Waals surface area contributed by atoms with E-state index in [9.17, 15) is 0 Å². The molecular weight excluding hydrogens is 240 g/mol. The van der Waals surface area contributed by atoms with Crippen molar-refractivity contribution in [3.05, 3.63) is 23.5 Å². The zero-order valence-corrected chi connectivity index (χ0v) is 12.4. The van der Waals surface area contributed by atoms with Crippen molar-refractivity contribution in [3.63, 3.8) is 0 Å². The van der Waals surface area contributed by atoms with Crippen LogP contribution in [0.2, 0.25) is 0 Å². The fraction of sp³-hybridized carbons (Fsp3) is 0.667. The molecule has 0 saturated heterocycles. The van der Waals surface area contributed by atoms with E-state index < -0.39 is 0 Å². The molecular formula is C15H26N2O2. The second-order valence-electron chi connectivity index (χ2n) is 5.52. The van der Waals surface area contributed by atoms with Gasteiger partial charge in [-0.3, -0.25) is 4.98 Å². The van der Waals surface area contributed by atoms with Crippen molar-refractivity contribution in [2.45, 2.75) is 34.2 Å². The number of rotatable bonds is 8. The number of ether oxygens (including phenoxy) is 1. The maximum atomic E-state index is 9.02. The molecule has 108 valence electrons. The summed E-state index contributed by atoms with van der Waals surface area (Å²) in [6.45, 7) is 10.6. The van der Waals surface area contributed by atoms with Crippen LogP contribution in [-0.4, -0.2) is 29.8 Å². The van der Waals surface area contributed by atoms with Gasteiger partial charge in [-0.1, -0.05) is 20.8 Å². The standard InChI is InChI=1S/C15H26N2O2/c1-11(2)7-16-8-14-15(6-5-13(4)17-14)19-10-12(3)9-18/h5-6,11-12,16,18H,7-10H2,1-4H3. The largest absolute Gasteiger partial charge is 0.491 e. The van der Waals surface area contributed by atoms with E-state index >= 15 is 0 Å². The molecule has 0 fully saturated rings. The van der Waals surface area contributed by atoms with Crippen LogP contribution in [0.1, 0.15) is 32.2 Å². The lowest BCUT2D eigenvalue weighted by molar-refractivity contribution is 0.173. The Morgan fingerprint density at radius 2 is 2.05 bits per heavy atom. The number of hydrogen-bond donors (Lipinski definition) is 2. The van der Waals surface area contributed by atoms with Gasteiger partial charge in [0.15, 0.2) is 0 Å². The molecule has 1 aromatic rings. The van der Waals surface area contributed by atoms with Gasteiger partial charge in [0.1, 0.15) is 5.75 Å². The summed E-state index contributed by atoms with van der Waals surface area (Å²) in [4.78, 5) is 4.52. The number of aliphatic hydroxyl groups is 1. The maximum Gasteiger partial charge on any atom is 0.142 e. The van der Waals surface area contributed by atoms with E-state index in [-0.39, 0.29) is 12.5 Å². The molecule has 1 heterocycles. The predicted octanol–water partition coefficient (Wildman–Crippen LogP) is 2.14. The van der Waals surface area contributed by atoms with E-state index in [4.69, 9.17) is 9.84 Å². The van der Waals surface area contributed by atoms with E-state index in [1.807, 2.05) is 26.0 Å². The molecule has 0 aliphatic rings. The van der Waals surface area contributed by atoms with Crippen LogP contribution >= 0.6 is 0 Å². The zero-order valence-electron chi connectivity index (χ0n) is 12.4. The maximum absolute atomic E-state index is 9.02. The van der Waals surface area contributed by atoms with Crippen LogP contribution in [0.5, 0.6) is 5.75 Å². The van der Waals surface area contributed by atoms with Gasteiger partial charge >= 0.3 is 0 Å². The Balaban J connectivity index is 2.63. The highest BCUT2D eigenvalue weighted by Crippen LogP contribution is 2.17. The summed E-state index contributed by atoms with van der Waals surface area (Å²) in [6.07, 6.45) is 0. The average molecular weight is 266 g/mol. The molecule has 0 bridgehead atoms. The Hall–Kier alpha value is -1.13. The number of hydrogen-bond acceptors (Lipinski definition) is 4. The zero-order chi connectivity index (χ0) is 14.3. The summed E-state index contributed by atoms with van der Waals surface area (Å²) < 4.78 is 5.74. The molecule has 0 aliphatic heterocycles. The highest BCUT2D eigenvalue weighted by Gasteiger charge is 2.08. The second kappa shape index (κ2) is 8.12. The number of pyridine rings is 1. The smallest absolute Gasteiger partial charge is 0.142 e. The monoisotopic (exact) mass is 266 g/mol. The Bertz CT molecular complexity index is 380. The number of aryl methyl sites for hydroxylation is 1. The lowest BCUT2D eigenvalue weighted by Gasteiger charge is -2.15. The van der Waals surface area contributed by atoms with Gasteiger partial charge in [0.25, 0.3) is 0 Å². The Kier molecular flexibility index (Phi) is 6.81. The first kappa shape index (κ1) is 15.9. The molecule has 1 unspecified atom stereocenters. The van der Waals surface area contributed by atoms with E-state index in [2.05, 4.69) is 24.1 Å². The van der Waals surface area contributed by atoms with Gasteiger partial charge in [0, 0.05) is 24.8 Å². The summed E-state index contributed by atoms with van der Waals surface area (Å²) in [6, 6.07) is 3.91. The summed E-state index contributed by atoms with van der Waals surface area (Å²) >= 11 is 0. The molecule has 4 heteroatoms. The first-order valence-corrected chi connectivity index (χ1v) is 6.93. The number of nitrogens with one attached hydrogen (secondary N) is 1. The lowest BCUT2D eigenvalue weighted by atomic mass is 10.2. The van der Waals surface area contributed by atoms with Crippen LogP contribution in [-0.2, 0) is 6.54 Å². The minimum atomic E-state index is 0.137. The Labute approximate surface area is 116 Å². The summed E-state index contributed by atoms with van der Waals surface area (Å²) in [5.41, 5.74) is 1.93. The van der Waals surface area contributed by atoms with Gasteiger partial charge in [-0.05, 0) is 31.5 Å². The average Bonchev–Trinajstić information content (AvgIpc) is 2.37. The van der Waals surface area contributed by atoms with Crippen LogP contribution in [0.4, 0.5) is 0 Å². The van der Waals surface area contributed by atoms with Crippen molar-refractivity contribution in [1.29, 1.82) is 0 Å². The minimum absolute atomic E-state index is 0.137. The molecule has 4 nitrogen and oxygen atoms in total. The molecule has 0 saturated carbocycles. The van der Waals surface area contributed by atoms with Crippen molar-refractivity contribution >= 4 is 0 Å². The Morgan fingerprint density at radius 1 is 1.32 bits per heavy atom. The SMILES string of the molecule is Cc1ccc(OCC(C)CO)c(CNCC(C)C)n1. The topological polar surface area (TPSA) is 54.4 Å². The van der Waals surface area contributed by atoms with Crippen LogP contribution in [0, 0.1) is 18.8 Å². The number of aliphatic hydroxyl groups excluding tert-OH is 1. The highest BCUT2D eigenvalue weighted by atomic mass is 16.5. The fourth-order valence-electron chi connectivity index (χ4n) is 1.62. The van der Waals surface area contributed by atoms with E-state index in [1.165, 1.54) is 0 Å². The van der Waals surface area contributed by atoms with Crippen molar-refractivity contribution in [2.24, 2.45) is 11.8 Å². The third-order valence-electron chi connectivity index (χ3n) is 2.75. The van der Waals surface area contributed by atoms with E-state index in [1.54, 1.807) is 0 Å². The van der Waals surface area contributed by atoms with Crippen molar-refractivity contribution in [1.82, 2.24) is 10.3 Å². The molecule has 1 atom stereocenters. The van der Waals surface area contributed by atoms with Crippen molar-refractivity contribution in [3.8, 4) is 5.75 Å². The van der Waals surface area contributed by atoms with Gasteiger partial charge < -0.3 is 15.2 Å². The van der Waals surface area contributed by atoms with Gasteiger partial charge in [0.05, 0.1) is 12.3 Å². The van der Waals surface area contributed by atoms with E-state index in [0.29, 0.717) is 19.1 Å². The number of aromatic nitrogens is 1. The van der Waals surface area contributed by atoms with Crippen LogP contribution in [0.25, 0.3) is 0 Å². The predicted molar refractivity (Wildman–Crippen MR) is 77.3 cm³/mol. The fourth-order valence-corrected chi connectivity index (χ4v) is 1.62. The molecule has 1 aromatic heterocycles.